The number of hydrogen-bond acceptors (Lipinski definition) is 2. The highest BCUT2D eigenvalue weighted by Gasteiger charge is 2.54. The number of benzene rings is 1. The van der Waals surface area contributed by atoms with Crippen molar-refractivity contribution in [1.29, 1.82) is 0 Å². The van der Waals surface area contributed by atoms with Crippen LogP contribution >= 0.6 is 0 Å². The minimum Gasteiger partial charge on any atom is -0.377 e. The number of allylic oxidation sites excluding steroid dienone is 1. The second-order valence-corrected chi connectivity index (χ2v) is 4.88. The Morgan fingerprint density at radius 3 is 2.72 bits per heavy atom. The zero-order chi connectivity index (χ0) is 13.0. The molecule has 18 heavy (non-hydrogen) atoms. The fourth-order valence-electron chi connectivity index (χ4n) is 2.78. The number of Topliss-reactive ketones (excluding diaryl/α,β-unsaturated/α-hetero) is 1. The lowest BCUT2D eigenvalue weighted by molar-refractivity contribution is -0.162. The van der Waals surface area contributed by atoms with E-state index in [4.69, 9.17) is 4.74 Å². The van der Waals surface area contributed by atoms with E-state index in [9.17, 15) is 4.79 Å². The predicted molar refractivity (Wildman–Crippen MR) is 72.4 cm³/mol. The number of hydrogen-bond donors (Lipinski definition) is 0. The first kappa shape index (κ1) is 13.0. The highest BCUT2D eigenvalue weighted by Crippen LogP contribution is 2.45. The monoisotopic (exact) mass is 244 g/mol. The molecule has 0 bridgehead atoms. The van der Waals surface area contributed by atoms with Gasteiger partial charge in [-0.05, 0) is 25.3 Å². The summed E-state index contributed by atoms with van der Waals surface area (Å²) in [6, 6.07) is 10.1. The van der Waals surface area contributed by atoms with Gasteiger partial charge in [0.2, 0.25) is 0 Å². The number of carbonyl (C=O) groups is 1. The van der Waals surface area contributed by atoms with E-state index in [0.717, 1.165) is 6.42 Å². The van der Waals surface area contributed by atoms with Crippen LogP contribution in [0.5, 0.6) is 0 Å². The molecule has 1 aromatic rings. The third-order valence-corrected chi connectivity index (χ3v) is 3.78. The van der Waals surface area contributed by atoms with Crippen LogP contribution in [0.25, 0.3) is 0 Å². The minimum absolute atomic E-state index is 0.0493. The Bertz CT molecular complexity index is 424. The molecule has 2 nitrogen and oxygen atoms in total. The van der Waals surface area contributed by atoms with Crippen LogP contribution in [0, 0.1) is 5.41 Å². The molecule has 0 aliphatic heterocycles. The Morgan fingerprint density at radius 2 is 2.17 bits per heavy atom. The first-order valence-corrected chi connectivity index (χ1v) is 6.52. The van der Waals surface area contributed by atoms with Gasteiger partial charge in [0.1, 0.15) is 5.78 Å². The third kappa shape index (κ3) is 2.25. The van der Waals surface area contributed by atoms with Gasteiger partial charge in [0.15, 0.2) is 0 Å². The van der Waals surface area contributed by atoms with E-state index in [2.05, 4.69) is 18.7 Å². The molecule has 1 aromatic carbocycles. The number of ketones is 1. The lowest BCUT2D eigenvalue weighted by Gasteiger charge is -2.47. The Labute approximate surface area is 109 Å². The Morgan fingerprint density at radius 1 is 1.44 bits per heavy atom. The second-order valence-electron chi connectivity index (χ2n) is 4.88. The standard InChI is InChI=1S/C16H20O2/c1-3-10-16(12-13-8-6-5-7-9-13)14(17)11-15(16)18-4-2/h3,5-9,15H,1,4,10-12H2,2H3/t15-,16-/m0/s1. The second kappa shape index (κ2) is 5.49. The number of rotatable bonds is 6. The van der Waals surface area contributed by atoms with Gasteiger partial charge >= 0.3 is 0 Å². The fourth-order valence-corrected chi connectivity index (χ4v) is 2.78. The molecule has 2 rings (SSSR count). The summed E-state index contributed by atoms with van der Waals surface area (Å²) in [5.74, 6) is 0.310. The van der Waals surface area contributed by atoms with E-state index < -0.39 is 0 Å². The summed E-state index contributed by atoms with van der Waals surface area (Å²) in [5, 5.41) is 0. The molecule has 0 unspecified atom stereocenters. The molecule has 0 heterocycles. The van der Waals surface area contributed by atoms with Crippen molar-refractivity contribution in [3.05, 3.63) is 48.6 Å². The molecule has 0 amide bonds. The summed E-state index contributed by atoms with van der Waals surface area (Å²) in [5.41, 5.74) is 0.816. The van der Waals surface area contributed by atoms with Crippen LogP contribution in [0.1, 0.15) is 25.3 Å². The van der Waals surface area contributed by atoms with Gasteiger partial charge in [0, 0.05) is 13.0 Å². The zero-order valence-electron chi connectivity index (χ0n) is 10.9. The molecule has 1 aliphatic carbocycles. The minimum atomic E-state index is -0.376. The van der Waals surface area contributed by atoms with E-state index in [1.54, 1.807) is 0 Å². The lowest BCUT2D eigenvalue weighted by Crippen LogP contribution is -2.56. The van der Waals surface area contributed by atoms with E-state index in [1.165, 1.54) is 5.56 Å². The first-order valence-electron chi connectivity index (χ1n) is 6.52. The van der Waals surface area contributed by atoms with E-state index in [-0.39, 0.29) is 11.5 Å². The van der Waals surface area contributed by atoms with Crippen molar-refractivity contribution in [3.8, 4) is 0 Å². The average molecular weight is 244 g/mol. The summed E-state index contributed by atoms with van der Waals surface area (Å²) >= 11 is 0. The van der Waals surface area contributed by atoms with Gasteiger partial charge < -0.3 is 4.74 Å². The van der Waals surface area contributed by atoms with Crippen LogP contribution in [0.15, 0.2) is 43.0 Å². The molecule has 2 atom stereocenters. The molecule has 1 saturated carbocycles. The van der Waals surface area contributed by atoms with Crippen LogP contribution in [-0.4, -0.2) is 18.5 Å². The van der Waals surface area contributed by atoms with Crippen LogP contribution < -0.4 is 0 Å². The van der Waals surface area contributed by atoms with Gasteiger partial charge in [0.25, 0.3) is 0 Å². The van der Waals surface area contributed by atoms with Crippen LogP contribution in [-0.2, 0) is 16.0 Å². The van der Waals surface area contributed by atoms with Gasteiger partial charge in [-0.3, -0.25) is 4.79 Å². The SMILES string of the molecule is C=CC[C@]1(Cc2ccccc2)C(=O)C[C@@H]1OCC. The van der Waals surface area contributed by atoms with Gasteiger partial charge in [-0.1, -0.05) is 36.4 Å². The summed E-state index contributed by atoms with van der Waals surface area (Å²) in [6.45, 7) is 6.42. The highest BCUT2D eigenvalue weighted by atomic mass is 16.5. The number of ether oxygens (including phenoxy) is 1. The van der Waals surface area contributed by atoms with Crippen molar-refractivity contribution >= 4 is 5.78 Å². The van der Waals surface area contributed by atoms with Crippen LogP contribution in [0.4, 0.5) is 0 Å². The van der Waals surface area contributed by atoms with Crippen LogP contribution in [0.3, 0.4) is 0 Å². The van der Waals surface area contributed by atoms with Gasteiger partial charge in [-0.25, -0.2) is 0 Å². The summed E-state index contributed by atoms with van der Waals surface area (Å²) in [4.78, 5) is 12.1. The van der Waals surface area contributed by atoms with Crippen molar-refractivity contribution in [3.63, 3.8) is 0 Å². The van der Waals surface area contributed by atoms with Crippen molar-refractivity contribution in [2.45, 2.75) is 32.3 Å². The molecule has 1 fully saturated rings. The average Bonchev–Trinajstić information content (AvgIpc) is 2.39. The molecule has 96 valence electrons. The predicted octanol–water partition coefficient (Wildman–Crippen LogP) is 3.17. The fraction of sp³-hybridized carbons (Fsp3) is 0.438. The van der Waals surface area contributed by atoms with Gasteiger partial charge in [0.05, 0.1) is 11.5 Å². The Balaban J connectivity index is 2.20. The molecular formula is C16H20O2. The molecular weight excluding hydrogens is 224 g/mol. The van der Waals surface area contributed by atoms with Crippen molar-refractivity contribution in [2.24, 2.45) is 5.41 Å². The van der Waals surface area contributed by atoms with Crippen molar-refractivity contribution < 1.29 is 9.53 Å². The molecule has 0 N–H and O–H groups in total. The van der Waals surface area contributed by atoms with Gasteiger partial charge in [-0.15, -0.1) is 6.58 Å². The highest BCUT2D eigenvalue weighted by molar-refractivity contribution is 5.92. The molecule has 0 radical (unpaired) electrons. The molecule has 0 spiro atoms. The normalized spacial score (nSPS) is 26.7. The Kier molecular flexibility index (Phi) is 3.97. The molecule has 0 saturated heterocycles. The lowest BCUT2D eigenvalue weighted by atomic mass is 9.60. The smallest absolute Gasteiger partial charge is 0.144 e. The molecule has 1 aliphatic rings. The van der Waals surface area contributed by atoms with E-state index >= 15 is 0 Å². The first-order chi connectivity index (χ1) is 8.73. The maximum absolute atomic E-state index is 12.1. The van der Waals surface area contributed by atoms with Crippen molar-refractivity contribution in [1.82, 2.24) is 0 Å². The maximum atomic E-state index is 12.1. The zero-order valence-corrected chi connectivity index (χ0v) is 10.9. The van der Waals surface area contributed by atoms with E-state index in [1.807, 2.05) is 31.2 Å². The molecule has 2 heteroatoms. The maximum Gasteiger partial charge on any atom is 0.144 e. The topological polar surface area (TPSA) is 26.3 Å². The molecule has 0 aromatic heterocycles. The Hall–Kier alpha value is -1.41. The summed E-state index contributed by atoms with van der Waals surface area (Å²) in [7, 11) is 0. The summed E-state index contributed by atoms with van der Waals surface area (Å²) in [6.07, 6.45) is 3.89. The van der Waals surface area contributed by atoms with E-state index in [0.29, 0.717) is 25.2 Å². The summed E-state index contributed by atoms with van der Waals surface area (Å²) < 4.78 is 5.72. The van der Waals surface area contributed by atoms with Crippen molar-refractivity contribution in [2.75, 3.05) is 6.61 Å². The van der Waals surface area contributed by atoms with Gasteiger partial charge in [-0.2, -0.15) is 0 Å². The largest absolute Gasteiger partial charge is 0.377 e. The third-order valence-electron chi connectivity index (χ3n) is 3.78. The quantitative estimate of drug-likeness (QED) is 0.718. The van der Waals surface area contributed by atoms with Crippen LogP contribution in [0.2, 0.25) is 0 Å². The number of carbonyl (C=O) groups excluding carboxylic acids is 1.